The second-order valence-corrected chi connectivity index (χ2v) is 6.32. The van der Waals surface area contributed by atoms with Gasteiger partial charge in [-0.15, -0.1) is 0 Å². The smallest absolute Gasteiger partial charge is 0.338 e. The lowest BCUT2D eigenvalue weighted by Crippen LogP contribution is -2.36. The Hall–Kier alpha value is -2.04. The van der Waals surface area contributed by atoms with Gasteiger partial charge < -0.3 is 9.64 Å². The summed E-state index contributed by atoms with van der Waals surface area (Å²) in [6.07, 6.45) is 1.48. The lowest BCUT2D eigenvalue weighted by atomic mass is 9.95. The molecule has 1 aliphatic rings. The molecule has 0 atom stereocenters. The molecule has 6 heteroatoms. The van der Waals surface area contributed by atoms with Crippen LogP contribution in [0.1, 0.15) is 32.7 Å². The molecule has 3 rings (SSSR count). The van der Waals surface area contributed by atoms with E-state index in [2.05, 4.69) is 0 Å². The number of benzene rings is 2. The predicted octanol–water partition coefficient (Wildman–Crippen LogP) is 4.37. The Kier molecular flexibility index (Phi) is 4.78. The van der Waals surface area contributed by atoms with Gasteiger partial charge in [-0.2, -0.15) is 0 Å². The molecule has 24 heavy (non-hydrogen) atoms. The van der Waals surface area contributed by atoms with E-state index in [-0.39, 0.29) is 5.91 Å². The number of amides is 1. The molecule has 0 aliphatic carbocycles. The van der Waals surface area contributed by atoms with Crippen LogP contribution in [0, 0.1) is 0 Å². The van der Waals surface area contributed by atoms with Crippen LogP contribution < -0.4 is 4.90 Å². The largest absolute Gasteiger partial charge is 0.465 e. The first-order chi connectivity index (χ1) is 11.5. The van der Waals surface area contributed by atoms with Crippen molar-refractivity contribution in [1.29, 1.82) is 0 Å². The van der Waals surface area contributed by atoms with Crippen molar-refractivity contribution in [3.63, 3.8) is 0 Å². The Morgan fingerprint density at radius 1 is 1.12 bits per heavy atom. The Bertz CT molecular complexity index is 820. The van der Waals surface area contributed by atoms with E-state index in [0.717, 1.165) is 24.1 Å². The molecule has 4 nitrogen and oxygen atoms in total. The van der Waals surface area contributed by atoms with Crippen molar-refractivity contribution in [3.8, 4) is 0 Å². The Morgan fingerprint density at radius 2 is 1.92 bits per heavy atom. The molecule has 0 unspecified atom stereocenters. The number of carbonyl (C=O) groups is 2. The standard InChI is InChI=1S/C18H15Cl2NO3/c1-24-18(23)13-4-2-6-16-12(13)5-3-9-21(16)17(22)14-8-7-11(19)10-15(14)20/h2,4,6-8,10H,3,5,9H2,1H3. The Morgan fingerprint density at radius 3 is 2.62 bits per heavy atom. The normalized spacial score (nSPS) is 13.4. The number of anilines is 1. The number of rotatable bonds is 2. The van der Waals surface area contributed by atoms with E-state index in [4.69, 9.17) is 27.9 Å². The lowest BCUT2D eigenvalue weighted by Gasteiger charge is -2.30. The molecule has 0 N–H and O–H groups in total. The third-order valence-electron chi connectivity index (χ3n) is 4.06. The van der Waals surface area contributed by atoms with Crippen molar-refractivity contribution < 1.29 is 14.3 Å². The highest BCUT2D eigenvalue weighted by Gasteiger charge is 2.28. The number of hydrogen-bond acceptors (Lipinski definition) is 3. The number of carbonyl (C=O) groups excluding carboxylic acids is 2. The highest BCUT2D eigenvalue weighted by molar-refractivity contribution is 6.37. The molecule has 2 aromatic carbocycles. The maximum absolute atomic E-state index is 12.9. The van der Waals surface area contributed by atoms with Crippen molar-refractivity contribution in [3.05, 3.63) is 63.1 Å². The summed E-state index contributed by atoms with van der Waals surface area (Å²) in [7, 11) is 1.35. The Labute approximate surface area is 149 Å². The SMILES string of the molecule is COC(=O)c1cccc2c1CCCN2C(=O)c1ccc(Cl)cc1Cl. The monoisotopic (exact) mass is 363 g/mol. The minimum atomic E-state index is -0.398. The van der Waals surface area contributed by atoms with E-state index in [9.17, 15) is 9.59 Å². The van der Waals surface area contributed by atoms with Crippen LogP contribution in [-0.2, 0) is 11.2 Å². The van der Waals surface area contributed by atoms with E-state index in [1.807, 2.05) is 6.07 Å². The fourth-order valence-corrected chi connectivity index (χ4v) is 3.43. The molecule has 0 fully saturated rings. The highest BCUT2D eigenvalue weighted by Crippen LogP contribution is 2.32. The summed E-state index contributed by atoms with van der Waals surface area (Å²) in [5.74, 6) is -0.606. The number of ether oxygens (including phenoxy) is 1. The van der Waals surface area contributed by atoms with Crippen LogP contribution in [-0.4, -0.2) is 25.5 Å². The quantitative estimate of drug-likeness (QED) is 0.744. The Balaban J connectivity index is 2.03. The van der Waals surface area contributed by atoms with Crippen LogP contribution >= 0.6 is 23.2 Å². The molecular formula is C18H15Cl2NO3. The summed E-state index contributed by atoms with van der Waals surface area (Å²) in [6, 6.07) is 10.1. The second-order valence-electron chi connectivity index (χ2n) is 5.48. The van der Waals surface area contributed by atoms with Crippen LogP contribution in [0.5, 0.6) is 0 Å². The molecule has 1 heterocycles. The van der Waals surface area contributed by atoms with Gasteiger partial charge in [-0.1, -0.05) is 29.3 Å². The van der Waals surface area contributed by atoms with Gasteiger partial charge in [0.2, 0.25) is 0 Å². The number of methoxy groups -OCH3 is 1. The third kappa shape index (κ3) is 2.99. The maximum Gasteiger partial charge on any atom is 0.338 e. The third-order valence-corrected chi connectivity index (χ3v) is 4.61. The molecule has 0 bridgehead atoms. The average Bonchev–Trinajstić information content (AvgIpc) is 2.59. The zero-order valence-electron chi connectivity index (χ0n) is 13.0. The lowest BCUT2D eigenvalue weighted by molar-refractivity contribution is 0.0599. The zero-order valence-corrected chi connectivity index (χ0v) is 14.5. The van der Waals surface area contributed by atoms with Gasteiger partial charge in [0.1, 0.15) is 0 Å². The van der Waals surface area contributed by atoms with E-state index in [0.29, 0.717) is 27.7 Å². The van der Waals surface area contributed by atoms with E-state index in [1.165, 1.54) is 7.11 Å². The fraction of sp³-hybridized carbons (Fsp3) is 0.222. The topological polar surface area (TPSA) is 46.6 Å². The minimum Gasteiger partial charge on any atom is -0.465 e. The van der Waals surface area contributed by atoms with Gasteiger partial charge in [0.25, 0.3) is 5.91 Å². The van der Waals surface area contributed by atoms with Gasteiger partial charge in [0, 0.05) is 17.3 Å². The highest BCUT2D eigenvalue weighted by atomic mass is 35.5. The van der Waals surface area contributed by atoms with Crippen molar-refractivity contribution in [2.24, 2.45) is 0 Å². The average molecular weight is 364 g/mol. The second kappa shape index (κ2) is 6.83. The molecule has 1 amide bonds. The number of nitrogens with zero attached hydrogens (tertiary/aromatic N) is 1. The van der Waals surface area contributed by atoms with Crippen molar-refractivity contribution in [2.45, 2.75) is 12.8 Å². The van der Waals surface area contributed by atoms with Crippen molar-refractivity contribution in [2.75, 3.05) is 18.6 Å². The number of esters is 1. The van der Waals surface area contributed by atoms with E-state index in [1.54, 1.807) is 35.2 Å². The number of halogens is 2. The first-order valence-electron chi connectivity index (χ1n) is 7.50. The molecule has 0 spiro atoms. The van der Waals surface area contributed by atoms with Crippen LogP contribution in [0.4, 0.5) is 5.69 Å². The van der Waals surface area contributed by atoms with Gasteiger partial charge in [0.05, 0.1) is 23.3 Å². The van der Waals surface area contributed by atoms with Gasteiger partial charge in [-0.25, -0.2) is 4.79 Å². The molecule has 1 aliphatic heterocycles. The summed E-state index contributed by atoms with van der Waals surface area (Å²) >= 11 is 12.1. The summed E-state index contributed by atoms with van der Waals surface area (Å²) in [6.45, 7) is 0.565. The predicted molar refractivity (Wildman–Crippen MR) is 94.2 cm³/mol. The molecule has 0 radical (unpaired) electrons. The summed E-state index contributed by atoms with van der Waals surface area (Å²) in [4.78, 5) is 26.5. The van der Waals surface area contributed by atoms with Crippen LogP contribution in [0.2, 0.25) is 10.0 Å². The first-order valence-corrected chi connectivity index (χ1v) is 8.25. The first kappa shape index (κ1) is 16.8. The minimum absolute atomic E-state index is 0.209. The van der Waals surface area contributed by atoms with Crippen LogP contribution in [0.3, 0.4) is 0 Å². The molecule has 0 aromatic heterocycles. The zero-order chi connectivity index (χ0) is 17.3. The summed E-state index contributed by atoms with van der Waals surface area (Å²) in [5, 5.41) is 0.785. The van der Waals surface area contributed by atoms with Gasteiger partial charge >= 0.3 is 5.97 Å². The van der Waals surface area contributed by atoms with Crippen LogP contribution in [0.25, 0.3) is 0 Å². The molecule has 124 valence electrons. The van der Waals surface area contributed by atoms with Crippen LogP contribution in [0.15, 0.2) is 36.4 Å². The fourth-order valence-electron chi connectivity index (χ4n) is 2.95. The van der Waals surface area contributed by atoms with E-state index < -0.39 is 5.97 Å². The van der Waals surface area contributed by atoms with Crippen molar-refractivity contribution in [1.82, 2.24) is 0 Å². The number of fused-ring (bicyclic) bond motifs is 1. The molecular weight excluding hydrogens is 349 g/mol. The van der Waals surface area contributed by atoms with Crippen molar-refractivity contribution >= 4 is 40.8 Å². The summed E-state index contributed by atoms with van der Waals surface area (Å²) < 4.78 is 4.84. The maximum atomic E-state index is 12.9. The van der Waals surface area contributed by atoms with Gasteiger partial charge in [-0.3, -0.25) is 4.79 Å². The molecule has 0 saturated heterocycles. The molecule has 0 saturated carbocycles. The van der Waals surface area contributed by atoms with Gasteiger partial charge in [-0.05, 0) is 48.7 Å². The van der Waals surface area contributed by atoms with E-state index >= 15 is 0 Å². The summed E-state index contributed by atoms with van der Waals surface area (Å²) in [5.41, 5.74) is 2.43. The molecule has 2 aromatic rings. The number of hydrogen-bond donors (Lipinski definition) is 0. The van der Waals surface area contributed by atoms with Gasteiger partial charge in [0.15, 0.2) is 0 Å².